The molecule has 13 heteroatoms. The molecule has 0 aliphatic carbocycles. The maximum Gasteiger partial charge on any atom is 0.346 e. The molecule has 1 saturated heterocycles. The van der Waals surface area contributed by atoms with E-state index in [0.717, 1.165) is 42.8 Å². The fraction of sp³-hybridized carbons (Fsp3) is 0.367. The maximum atomic E-state index is 12.3. The average molecular weight is 845 g/mol. The summed E-state index contributed by atoms with van der Waals surface area (Å²) < 4.78 is 29.9. The van der Waals surface area contributed by atoms with Crippen molar-refractivity contribution in [2.75, 3.05) is 57.4 Å². The minimum atomic E-state index is -0.660. The molecular formula is C49H52N2O11. The number of carbonyl (C=O) groups excluding carboxylic acids is 5. The molecule has 13 nitrogen and oxygen atoms in total. The number of allylic oxidation sites excluding steroid dienone is 3. The molecule has 324 valence electrons. The Morgan fingerprint density at radius 3 is 1.94 bits per heavy atom. The Labute approximate surface area is 360 Å². The van der Waals surface area contributed by atoms with Crippen LogP contribution in [0.2, 0.25) is 0 Å². The van der Waals surface area contributed by atoms with Gasteiger partial charge < -0.3 is 38.2 Å². The van der Waals surface area contributed by atoms with Crippen molar-refractivity contribution in [3.05, 3.63) is 119 Å². The molecule has 0 aromatic heterocycles. The number of hydrogen-bond acceptors (Lipinski definition) is 13. The Morgan fingerprint density at radius 1 is 0.774 bits per heavy atom. The summed E-state index contributed by atoms with van der Waals surface area (Å²) >= 11 is 0. The number of benzene rings is 4. The van der Waals surface area contributed by atoms with Gasteiger partial charge in [-0.25, -0.2) is 9.59 Å². The van der Waals surface area contributed by atoms with E-state index < -0.39 is 23.9 Å². The fourth-order valence-corrected chi connectivity index (χ4v) is 9.38. The second-order valence-corrected chi connectivity index (χ2v) is 16.4. The lowest BCUT2D eigenvalue weighted by molar-refractivity contribution is -0.152. The van der Waals surface area contributed by atoms with Crippen LogP contribution in [-0.4, -0.2) is 90.2 Å². The number of carbonyl (C=O) groups is 5. The van der Waals surface area contributed by atoms with Crippen molar-refractivity contribution in [3.8, 4) is 0 Å². The molecule has 1 fully saturated rings. The van der Waals surface area contributed by atoms with Gasteiger partial charge in [0.25, 0.3) is 0 Å². The number of rotatable bonds is 7. The van der Waals surface area contributed by atoms with Crippen molar-refractivity contribution in [3.63, 3.8) is 0 Å². The average Bonchev–Trinajstić information content (AvgIpc) is 3.94. The van der Waals surface area contributed by atoms with Gasteiger partial charge in [-0.05, 0) is 57.0 Å². The topological polar surface area (TPSA) is 147 Å². The zero-order valence-electron chi connectivity index (χ0n) is 36.1. The molecule has 4 aromatic rings. The fourth-order valence-electron chi connectivity index (χ4n) is 9.38. The van der Waals surface area contributed by atoms with Gasteiger partial charge in [-0.2, -0.15) is 0 Å². The van der Waals surface area contributed by atoms with Crippen molar-refractivity contribution in [2.24, 2.45) is 0 Å². The summed E-state index contributed by atoms with van der Waals surface area (Å²) in [5.41, 5.74) is 7.40. The first-order valence-electron chi connectivity index (χ1n) is 20.6. The number of ether oxygens (including phenoxy) is 6. The minimum absolute atomic E-state index is 0.0419. The quantitative estimate of drug-likeness (QED) is 0.0465. The molecule has 0 bridgehead atoms. The van der Waals surface area contributed by atoms with Gasteiger partial charge >= 0.3 is 23.9 Å². The molecule has 1 atom stereocenters. The van der Waals surface area contributed by atoms with Crippen molar-refractivity contribution in [1.29, 1.82) is 0 Å². The van der Waals surface area contributed by atoms with E-state index >= 15 is 0 Å². The van der Waals surface area contributed by atoms with E-state index in [1.807, 2.05) is 6.07 Å². The van der Waals surface area contributed by atoms with Gasteiger partial charge in [0.2, 0.25) is 0 Å². The van der Waals surface area contributed by atoms with Crippen LogP contribution >= 0.6 is 0 Å². The number of aldehydes is 1. The summed E-state index contributed by atoms with van der Waals surface area (Å²) in [7, 11) is 3.70. The van der Waals surface area contributed by atoms with Gasteiger partial charge in [-0.3, -0.25) is 14.4 Å². The molecule has 0 spiro atoms. The Balaban J connectivity index is 0.000000157. The molecule has 5 heterocycles. The number of hydrogen-bond donors (Lipinski definition) is 0. The van der Waals surface area contributed by atoms with Crippen molar-refractivity contribution >= 4 is 63.1 Å². The summed E-state index contributed by atoms with van der Waals surface area (Å²) in [6, 6.07) is 25.5. The zero-order valence-corrected chi connectivity index (χ0v) is 36.1. The predicted molar refractivity (Wildman–Crippen MR) is 233 cm³/mol. The second-order valence-electron chi connectivity index (χ2n) is 16.4. The summed E-state index contributed by atoms with van der Waals surface area (Å²) in [5, 5.41) is 4.91. The first kappa shape index (κ1) is 43.8. The molecule has 0 saturated carbocycles. The van der Waals surface area contributed by atoms with E-state index in [1.165, 1.54) is 65.4 Å². The number of fused-ring (bicyclic) bond motifs is 9. The summed E-state index contributed by atoms with van der Waals surface area (Å²) in [5.74, 6) is -2.43. The van der Waals surface area contributed by atoms with Crippen LogP contribution < -0.4 is 9.80 Å². The SMILES string of the molecule is CC1(C)/C(=C\C=O)N(CCC2OCCO2)c2ccc3ccccc3c21.COC(=O)C1=CC2=C3N(CCC2OC1=O)c1ccc2ccccc2c1C3(C)C.COC(=O)CC(=O)OC. The third-order valence-corrected chi connectivity index (χ3v) is 12.1. The second kappa shape index (κ2) is 18.0. The lowest BCUT2D eigenvalue weighted by Gasteiger charge is -2.38. The normalized spacial score (nSPS) is 19.8. The maximum absolute atomic E-state index is 12.3. The van der Waals surface area contributed by atoms with Crippen LogP contribution in [0.15, 0.2) is 107 Å². The van der Waals surface area contributed by atoms with Gasteiger partial charge in [0.05, 0.1) is 34.5 Å². The highest BCUT2D eigenvalue weighted by Gasteiger charge is 2.48. The molecule has 5 aliphatic rings. The standard InChI is InChI=1S/C23H21NO4.C21H23NO3.C5H8O4/c1-23(2)19-14-7-5-4-6-13(14)8-9-17(19)24-11-10-18-15(20(23)24)12-16(21(25)27-3)22(26)28-18;1-21(2)18(10-12-23)22(11-9-19-24-13-14-25-19)17-8-7-15-5-3-4-6-16(15)20(17)21;1-8-4(6)3-5(7)9-2/h4-9,12,18H,10-11H2,1-3H3;3-8,10,12,19H,9,11,13-14H2,1-2H3;3H2,1-2H3/b;18-10+;. The van der Waals surface area contributed by atoms with Crippen molar-refractivity contribution in [2.45, 2.75) is 70.2 Å². The Hall–Kier alpha value is -6.31. The first-order chi connectivity index (χ1) is 29.8. The Bertz CT molecular complexity index is 2510. The van der Waals surface area contributed by atoms with Crippen LogP contribution in [0.5, 0.6) is 0 Å². The highest BCUT2D eigenvalue weighted by Crippen LogP contribution is 2.55. The number of esters is 4. The van der Waals surface area contributed by atoms with E-state index in [-0.39, 0.29) is 35.2 Å². The molecule has 0 radical (unpaired) electrons. The van der Waals surface area contributed by atoms with E-state index in [0.29, 0.717) is 19.6 Å². The van der Waals surface area contributed by atoms with Crippen LogP contribution in [0, 0.1) is 0 Å². The number of methoxy groups -OCH3 is 3. The van der Waals surface area contributed by atoms with Gasteiger partial charge in [0, 0.05) is 65.1 Å². The van der Waals surface area contributed by atoms with Gasteiger partial charge in [-0.1, -0.05) is 88.4 Å². The molecule has 4 aromatic carbocycles. The van der Waals surface area contributed by atoms with E-state index in [1.54, 1.807) is 12.2 Å². The lowest BCUT2D eigenvalue weighted by atomic mass is 9.77. The van der Waals surface area contributed by atoms with Crippen molar-refractivity contribution < 1.29 is 52.4 Å². The smallest absolute Gasteiger partial charge is 0.346 e. The summed E-state index contributed by atoms with van der Waals surface area (Å²) in [4.78, 5) is 60.7. The van der Waals surface area contributed by atoms with Crippen LogP contribution in [0.1, 0.15) is 58.1 Å². The Kier molecular flexibility index (Phi) is 12.7. The highest BCUT2D eigenvalue weighted by atomic mass is 16.7. The molecule has 9 rings (SSSR count). The van der Waals surface area contributed by atoms with Gasteiger partial charge in [0.1, 0.15) is 24.4 Å². The third kappa shape index (κ3) is 8.10. The number of anilines is 2. The molecular weight excluding hydrogens is 793 g/mol. The molecule has 0 amide bonds. The first-order valence-corrected chi connectivity index (χ1v) is 20.6. The van der Waals surface area contributed by atoms with E-state index in [4.69, 9.17) is 18.9 Å². The summed E-state index contributed by atoms with van der Waals surface area (Å²) in [6.45, 7) is 11.6. The van der Waals surface area contributed by atoms with Gasteiger partial charge in [0.15, 0.2) is 6.29 Å². The molecule has 1 unspecified atom stereocenters. The van der Waals surface area contributed by atoms with Gasteiger partial charge in [-0.15, -0.1) is 0 Å². The largest absolute Gasteiger partial charge is 0.469 e. The summed E-state index contributed by atoms with van der Waals surface area (Å²) in [6.07, 6.45) is 4.95. The zero-order chi connectivity index (χ0) is 44.3. The number of nitrogens with zero attached hydrogens (tertiary/aromatic N) is 2. The van der Waals surface area contributed by atoms with Crippen LogP contribution in [0.25, 0.3) is 21.5 Å². The van der Waals surface area contributed by atoms with Crippen LogP contribution in [0.3, 0.4) is 0 Å². The van der Waals surface area contributed by atoms with E-state index in [9.17, 15) is 24.0 Å². The lowest BCUT2D eigenvalue weighted by Crippen LogP contribution is -2.41. The Morgan fingerprint density at radius 2 is 1.35 bits per heavy atom. The van der Waals surface area contributed by atoms with Crippen LogP contribution in [0.4, 0.5) is 11.4 Å². The predicted octanol–water partition coefficient (Wildman–Crippen LogP) is 7.13. The minimum Gasteiger partial charge on any atom is -0.469 e. The monoisotopic (exact) mass is 844 g/mol. The van der Waals surface area contributed by atoms with Crippen LogP contribution in [-0.2, 0) is 63.2 Å². The molecule has 5 aliphatic heterocycles. The third-order valence-electron chi connectivity index (χ3n) is 12.1. The molecule has 62 heavy (non-hydrogen) atoms. The van der Waals surface area contributed by atoms with E-state index in [2.05, 4.69) is 114 Å². The van der Waals surface area contributed by atoms with Crippen molar-refractivity contribution in [1.82, 2.24) is 0 Å². The highest BCUT2D eigenvalue weighted by molar-refractivity contribution is 6.15. The molecule has 0 N–H and O–H groups in total.